The van der Waals surface area contributed by atoms with Crippen LogP contribution in [0.2, 0.25) is 0 Å². The minimum absolute atomic E-state index is 0.0907. The molecule has 0 saturated heterocycles. The molecule has 1 unspecified atom stereocenters. The zero-order chi connectivity index (χ0) is 28.4. The molecule has 1 fully saturated rings. The molecule has 1 saturated carbocycles. The molecule has 0 bridgehead atoms. The van der Waals surface area contributed by atoms with Gasteiger partial charge in [-0.3, -0.25) is 0 Å². The fourth-order valence-electron chi connectivity index (χ4n) is 4.50. The Morgan fingerprint density at radius 3 is 2.48 bits per heavy atom. The number of fused-ring (bicyclic) bond motifs is 1. The Bertz CT molecular complexity index is 1740. The zero-order valence-electron chi connectivity index (χ0n) is 20.6. The fourth-order valence-corrected chi connectivity index (χ4v) is 4.50. The quantitative estimate of drug-likeness (QED) is 0.252. The van der Waals surface area contributed by atoms with Crippen LogP contribution in [0.5, 0.6) is 0 Å². The second-order valence-corrected chi connectivity index (χ2v) is 9.67. The molecule has 1 aromatic heterocycles. The van der Waals surface area contributed by atoms with E-state index in [1.54, 1.807) is 6.07 Å². The number of carboxylic acid groups (broad SMARTS) is 1. The van der Waals surface area contributed by atoms with Crippen LogP contribution in [-0.2, 0) is 16.5 Å². The van der Waals surface area contributed by atoms with E-state index in [2.05, 4.69) is 20.2 Å². The van der Waals surface area contributed by atoms with Crippen molar-refractivity contribution in [1.29, 1.82) is 0 Å². The van der Waals surface area contributed by atoms with E-state index in [9.17, 15) is 31.9 Å². The first-order chi connectivity index (χ1) is 19.0. The van der Waals surface area contributed by atoms with Gasteiger partial charge in [0.1, 0.15) is 17.1 Å². The minimum atomic E-state index is -4.67. The molecule has 3 aromatic rings. The third-order valence-electron chi connectivity index (χ3n) is 6.99. The van der Waals surface area contributed by atoms with Crippen molar-refractivity contribution in [3.8, 4) is 34.0 Å². The molecule has 3 heterocycles. The molecule has 0 amide bonds. The van der Waals surface area contributed by atoms with Gasteiger partial charge in [0.05, 0.1) is 23.5 Å². The third kappa shape index (κ3) is 4.17. The van der Waals surface area contributed by atoms with Gasteiger partial charge in [0.2, 0.25) is 5.54 Å². The number of carboxylic acids is 1. The van der Waals surface area contributed by atoms with Gasteiger partial charge in [0.25, 0.3) is 0 Å². The summed E-state index contributed by atoms with van der Waals surface area (Å²) in [6.07, 6.45) is -0.637. The van der Waals surface area contributed by atoms with Crippen molar-refractivity contribution < 1.29 is 36.4 Å². The van der Waals surface area contributed by atoms with Crippen LogP contribution in [0.3, 0.4) is 0 Å². The van der Waals surface area contributed by atoms with Crippen LogP contribution in [0.4, 0.5) is 22.0 Å². The van der Waals surface area contributed by atoms with E-state index in [-0.39, 0.29) is 45.7 Å². The van der Waals surface area contributed by atoms with E-state index in [1.165, 1.54) is 37.5 Å². The van der Waals surface area contributed by atoms with Gasteiger partial charge in [-0.15, -0.1) is 0 Å². The van der Waals surface area contributed by atoms with Crippen LogP contribution < -0.4 is 0 Å². The molecule has 0 spiro atoms. The molecule has 1 aliphatic carbocycles. The van der Waals surface area contributed by atoms with Crippen molar-refractivity contribution >= 4 is 5.97 Å². The highest BCUT2D eigenvalue weighted by Crippen LogP contribution is 2.45. The number of aromatic nitrogens is 5. The van der Waals surface area contributed by atoms with Gasteiger partial charge < -0.3 is 9.63 Å². The van der Waals surface area contributed by atoms with Crippen molar-refractivity contribution in [2.75, 3.05) is 0 Å². The maximum absolute atomic E-state index is 14.3. The van der Waals surface area contributed by atoms with Gasteiger partial charge in [0.15, 0.2) is 23.2 Å². The van der Waals surface area contributed by atoms with E-state index >= 15 is 0 Å². The normalized spacial score (nSPS) is 15.3. The lowest BCUT2D eigenvalue weighted by Crippen LogP contribution is -2.41. The SMILES string of the molecule is CC(C(=O)O)(c1cc(-c2ccc(C3CC3)cc2C(F)(F)F)no1)n1cc2nc(-c3cccc(F)c3F)nc-2cn1. The highest BCUT2D eigenvalue weighted by Gasteiger charge is 2.44. The molecule has 2 aliphatic heterocycles. The van der Waals surface area contributed by atoms with Gasteiger partial charge in [0, 0.05) is 11.6 Å². The molecule has 1 atom stereocenters. The van der Waals surface area contributed by atoms with Crippen molar-refractivity contribution in [3.63, 3.8) is 0 Å². The number of carbonyl (C=O) groups is 1. The first-order valence-electron chi connectivity index (χ1n) is 12.1. The van der Waals surface area contributed by atoms with Gasteiger partial charge in [-0.25, -0.2) is 28.2 Å². The van der Waals surface area contributed by atoms with E-state index in [0.717, 1.165) is 35.7 Å². The number of alkyl halides is 3. The molecule has 0 radical (unpaired) electrons. The first kappa shape index (κ1) is 25.6. The summed E-state index contributed by atoms with van der Waals surface area (Å²) in [5.41, 5.74) is -2.76. The van der Waals surface area contributed by atoms with Gasteiger partial charge >= 0.3 is 12.1 Å². The predicted octanol–water partition coefficient (Wildman–Crippen LogP) is 6.12. The number of rotatable bonds is 6. The summed E-state index contributed by atoms with van der Waals surface area (Å²) < 4.78 is 76.0. The molecule has 6 rings (SSSR count). The maximum atomic E-state index is 14.3. The van der Waals surface area contributed by atoms with Crippen molar-refractivity contribution in [1.82, 2.24) is 24.9 Å². The molecule has 3 aliphatic rings. The number of imidazole rings is 1. The topological polar surface area (TPSA) is 107 Å². The van der Waals surface area contributed by atoms with Crippen LogP contribution in [0, 0.1) is 11.6 Å². The predicted molar refractivity (Wildman–Crippen MR) is 129 cm³/mol. The Balaban J connectivity index is 1.41. The summed E-state index contributed by atoms with van der Waals surface area (Å²) in [6.45, 7) is 1.23. The lowest BCUT2D eigenvalue weighted by molar-refractivity contribution is -0.146. The van der Waals surface area contributed by atoms with Crippen LogP contribution in [-0.4, -0.2) is 36.0 Å². The summed E-state index contributed by atoms with van der Waals surface area (Å²) in [4.78, 5) is 20.8. The highest BCUT2D eigenvalue weighted by molar-refractivity contribution is 5.81. The number of aliphatic carboxylic acids is 1. The standard InChI is InChI=1S/C27H18F5N5O3/c1-26(25(38)39,37-12-21-20(11-33-37)34-24(35-21)16-3-2-4-18(28)23(16)29)22-10-19(36-40-22)15-8-7-14(13-5-6-13)9-17(15)27(30,31)32/h2-4,7-13H,5-6H2,1H3,(H,38,39). The van der Waals surface area contributed by atoms with E-state index in [4.69, 9.17) is 4.52 Å². The summed E-state index contributed by atoms with van der Waals surface area (Å²) in [7, 11) is 0. The van der Waals surface area contributed by atoms with Crippen molar-refractivity contribution in [2.45, 2.75) is 37.4 Å². The number of nitrogens with zero attached hydrogens (tertiary/aromatic N) is 5. The van der Waals surface area contributed by atoms with Crippen LogP contribution in [0.15, 0.2) is 59.4 Å². The van der Waals surface area contributed by atoms with E-state index in [1.807, 2.05) is 0 Å². The Hall–Kier alpha value is -4.68. The smallest absolute Gasteiger partial charge is 0.417 e. The van der Waals surface area contributed by atoms with Gasteiger partial charge in [-0.2, -0.15) is 18.3 Å². The highest BCUT2D eigenvalue weighted by atomic mass is 19.4. The number of hydrogen-bond acceptors (Lipinski definition) is 6. The Morgan fingerprint density at radius 1 is 1.02 bits per heavy atom. The molecule has 40 heavy (non-hydrogen) atoms. The average Bonchev–Trinajstić information content (AvgIpc) is 3.49. The Morgan fingerprint density at radius 2 is 1.77 bits per heavy atom. The molecule has 1 N–H and O–H groups in total. The largest absolute Gasteiger partial charge is 0.479 e. The molecular formula is C27H18F5N5O3. The minimum Gasteiger partial charge on any atom is -0.479 e. The van der Waals surface area contributed by atoms with Crippen LogP contribution in [0.25, 0.3) is 34.0 Å². The number of benzene rings is 2. The van der Waals surface area contributed by atoms with Crippen molar-refractivity contribution in [3.05, 3.63) is 83.4 Å². The summed E-state index contributed by atoms with van der Waals surface area (Å²) in [5.74, 6) is -4.04. The second kappa shape index (κ2) is 8.93. The van der Waals surface area contributed by atoms with Gasteiger partial charge in [-0.05, 0) is 49.4 Å². The zero-order valence-corrected chi connectivity index (χ0v) is 20.6. The molecule has 8 nitrogen and oxygen atoms in total. The summed E-state index contributed by atoms with van der Waals surface area (Å²) in [6, 6.07) is 8.65. The maximum Gasteiger partial charge on any atom is 0.417 e. The van der Waals surface area contributed by atoms with Gasteiger partial charge in [-0.1, -0.05) is 23.4 Å². The fraction of sp³-hybridized carbons (Fsp3) is 0.222. The molecule has 13 heteroatoms. The lowest BCUT2D eigenvalue weighted by Gasteiger charge is -2.24. The lowest BCUT2D eigenvalue weighted by atomic mass is 9.95. The first-order valence-corrected chi connectivity index (χ1v) is 12.1. The van der Waals surface area contributed by atoms with Crippen molar-refractivity contribution in [2.24, 2.45) is 0 Å². The Labute approximate surface area is 222 Å². The average molecular weight is 555 g/mol. The van der Waals surface area contributed by atoms with E-state index < -0.39 is 34.9 Å². The van der Waals surface area contributed by atoms with Crippen LogP contribution >= 0.6 is 0 Å². The molecule has 204 valence electrons. The monoisotopic (exact) mass is 555 g/mol. The Kier molecular flexibility index (Phi) is 5.71. The molecular weight excluding hydrogens is 537 g/mol. The summed E-state index contributed by atoms with van der Waals surface area (Å²) >= 11 is 0. The second-order valence-electron chi connectivity index (χ2n) is 9.67. The number of halogens is 5. The summed E-state index contributed by atoms with van der Waals surface area (Å²) in [5, 5.41) is 18.0. The van der Waals surface area contributed by atoms with Crippen LogP contribution in [0.1, 0.15) is 42.6 Å². The third-order valence-corrected chi connectivity index (χ3v) is 6.99. The van der Waals surface area contributed by atoms with E-state index in [0.29, 0.717) is 5.56 Å². The molecule has 2 aromatic carbocycles. The number of hydrogen-bond donors (Lipinski definition) is 1.